The summed E-state index contributed by atoms with van der Waals surface area (Å²) in [6.45, 7) is 2.09. The first-order valence-corrected chi connectivity index (χ1v) is 6.82. The highest BCUT2D eigenvalue weighted by atomic mass is 16.5. The SMILES string of the molecule is COc1ccc(OC)c2c(OC)c3c(C)cccc3cc12. The lowest BCUT2D eigenvalue weighted by molar-refractivity contribution is 0.402. The van der Waals surface area contributed by atoms with Crippen LogP contribution in [0.15, 0.2) is 36.4 Å². The maximum absolute atomic E-state index is 5.73. The van der Waals surface area contributed by atoms with Gasteiger partial charge in [0.15, 0.2) is 0 Å². The van der Waals surface area contributed by atoms with Gasteiger partial charge in [-0.15, -0.1) is 0 Å². The lowest BCUT2D eigenvalue weighted by atomic mass is 9.97. The molecule has 0 fully saturated rings. The smallest absolute Gasteiger partial charge is 0.138 e. The number of ether oxygens (including phenoxy) is 3. The Kier molecular flexibility index (Phi) is 3.34. The van der Waals surface area contributed by atoms with Crippen molar-refractivity contribution in [2.75, 3.05) is 21.3 Å². The lowest BCUT2D eigenvalue weighted by Crippen LogP contribution is -1.95. The van der Waals surface area contributed by atoms with E-state index < -0.39 is 0 Å². The summed E-state index contributed by atoms with van der Waals surface area (Å²) >= 11 is 0. The zero-order chi connectivity index (χ0) is 15.0. The molecule has 0 atom stereocenters. The second kappa shape index (κ2) is 5.17. The Hall–Kier alpha value is -2.42. The third-order valence-electron chi connectivity index (χ3n) is 3.87. The van der Waals surface area contributed by atoms with E-state index in [4.69, 9.17) is 14.2 Å². The monoisotopic (exact) mass is 282 g/mol. The van der Waals surface area contributed by atoms with Gasteiger partial charge in [-0.1, -0.05) is 18.2 Å². The van der Waals surface area contributed by atoms with Crippen molar-refractivity contribution in [2.45, 2.75) is 6.92 Å². The molecule has 0 saturated carbocycles. The summed E-state index contributed by atoms with van der Waals surface area (Å²) in [4.78, 5) is 0. The Morgan fingerprint density at radius 2 is 1.48 bits per heavy atom. The van der Waals surface area contributed by atoms with Crippen LogP contribution in [-0.2, 0) is 0 Å². The van der Waals surface area contributed by atoms with Gasteiger partial charge in [0.05, 0.1) is 26.7 Å². The second-order valence-electron chi connectivity index (χ2n) is 4.98. The first-order chi connectivity index (χ1) is 10.2. The number of hydrogen-bond acceptors (Lipinski definition) is 3. The van der Waals surface area contributed by atoms with Gasteiger partial charge in [0.2, 0.25) is 0 Å². The molecule has 0 radical (unpaired) electrons. The van der Waals surface area contributed by atoms with E-state index in [1.807, 2.05) is 12.1 Å². The van der Waals surface area contributed by atoms with Crippen LogP contribution >= 0.6 is 0 Å². The molecule has 3 nitrogen and oxygen atoms in total. The van der Waals surface area contributed by atoms with E-state index in [0.29, 0.717) is 0 Å². The van der Waals surface area contributed by atoms with E-state index in [1.165, 1.54) is 5.56 Å². The highest BCUT2D eigenvalue weighted by molar-refractivity contribution is 6.10. The fraction of sp³-hybridized carbons (Fsp3) is 0.222. The number of aryl methyl sites for hydroxylation is 1. The first-order valence-electron chi connectivity index (χ1n) is 6.82. The van der Waals surface area contributed by atoms with Crippen LogP contribution in [0.5, 0.6) is 17.2 Å². The Bertz CT molecular complexity index is 822. The van der Waals surface area contributed by atoms with Crippen LogP contribution < -0.4 is 14.2 Å². The molecule has 3 heteroatoms. The van der Waals surface area contributed by atoms with Crippen molar-refractivity contribution in [3.63, 3.8) is 0 Å². The molecule has 0 amide bonds. The zero-order valence-electron chi connectivity index (χ0n) is 12.7. The first kappa shape index (κ1) is 13.6. The molecule has 0 aromatic heterocycles. The van der Waals surface area contributed by atoms with E-state index in [0.717, 1.165) is 38.8 Å². The average Bonchev–Trinajstić information content (AvgIpc) is 2.52. The second-order valence-corrected chi connectivity index (χ2v) is 4.98. The van der Waals surface area contributed by atoms with Crippen LogP contribution in [0.25, 0.3) is 21.5 Å². The summed E-state index contributed by atoms with van der Waals surface area (Å²) in [5.74, 6) is 2.43. The van der Waals surface area contributed by atoms with Gasteiger partial charge in [0, 0.05) is 10.8 Å². The summed E-state index contributed by atoms with van der Waals surface area (Å²) in [6, 6.07) is 12.2. The number of hydrogen-bond donors (Lipinski definition) is 0. The fourth-order valence-electron chi connectivity index (χ4n) is 2.91. The minimum absolute atomic E-state index is 0.785. The molecule has 0 saturated heterocycles. The van der Waals surface area contributed by atoms with Crippen molar-refractivity contribution in [2.24, 2.45) is 0 Å². The summed E-state index contributed by atoms with van der Waals surface area (Å²) in [7, 11) is 5.04. The number of fused-ring (bicyclic) bond motifs is 2. The molecule has 0 N–H and O–H groups in total. The van der Waals surface area contributed by atoms with E-state index in [2.05, 4.69) is 31.2 Å². The van der Waals surface area contributed by atoms with Gasteiger partial charge < -0.3 is 14.2 Å². The van der Waals surface area contributed by atoms with Crippen LogP contribution in [0.4, 0.5) is 0 Å². The van der Waals surface area contributed by atoms with Gasteiger partial charge in [0.25, 0.3) is 0 Å². The molecule has 0 aliphatic heterocycles. The zero-order valence-corrected chi connectivity index (χ0v) is 12.7. The Morgan fingerprint density at radius 1 is 0.762 bits per heavy atom. The largest absolute Gasteiger partial charge is 0.496 e. The molecule has 0 spiro atoms. The molecule has 108 valence electrons. The summed E-state index contributed by atoms with van der Waals surface area (Å²) in [5, 5.41) is 4.18. The van der Waals surface area contributed by atoms with Crippen molar-refractivity contribution in [3.05, 3.63) is 42.0 Å². The predicted octanol–water partition coefficient (Wildman–Crippen LogP) is 4.33. The lowest BCUT2D eigenvalue weighted by Gasteiger charge is -2.16. The van der Waals surface area contributed by atoms with Gasteiger partial charge in [-0.25, -0.2) is 0 Å². The number of rotatable bonds is 3. The number of methoxy groups -OCH3 is 3. The molecule has 0 heterocycles. The van der Waals surface area contributed by atoms with E-state index in [-0.39, 0.29) is 0 Å². The summed E-state index contributed by atoms with van der Waals surface area (Å²) in [5.41, 5.74) is 1.18. The highest BCUT2D eigenvalue weighted by Crippen LogP contribution is 2.44. The third kappa shape index (κ3) is 1.97. The van der Waals surface area contributed by atoms with Gasteiger partial charge >= 0.3 is 0 Å². The van der Waals surface area contributed by atoms with Crippen LogP contribution in [0, 0.1) is 6.92 Å². The molecule has 3 aromatic rings. The molecule has 0 aliphatic rings. The Morgan fingerprint density at radius 3 is 2.14 bits per heavy atom. The van der Waals surface area contributed by atoms with Gasteiger partial charge in [0.1, 0.15) is 17.2 Å². The van der Waals surface area contributed by atoms with Crippen LogP contribution in [-0.4, -0.2) is 21.3 Å². The quantitative estimate of drug-likeness (QED) is 0.669. The van der Waals surface area contributed by atoms with Crippen LogP contribution in [0.1, 0.15) is 5.56 Å². The van der Waals surface area contributed by atoms with Crippen molar-refractivity contribution >= 4 is 21.5 Å². The minimum Gasteiger partial charge on any atom is -0.496 e. The molecule has 21 heavy (non-hydrogen) atoms. The average molecular weight is 282 g/mol. The summed E-state index contributed by atoms with van der Waals surface area (Å²) < 4.78 is 16.7. The highest BCUT2D eigenvalue weighted by Gasteiger charge is 2.16. The Balaban J connectivity index is 2.60. The molecular weight excluding hydrogens is 264 g/mol. The number of benzene rings is 3. The Labute approximate surface area is 124 Å². The van der Waals surface area contributed by atoms with E-state index >= 15 is 0 Å². The predicted molar refractivity (Wildman–Crippen MR) is 85.8 cm³/mol. The fourth-order valence-corrected chi connectivity index (χ4v) is 2.91. The molecule has 3 rings (SSSR count). The maximum Gasteiger partial charge on any atom is 0.138 e. The van der Waals surface area contributed by atoms with Crippen molar-refractivity contribution in [1.29, 1.82) is 0 Å². The standard InChI is InChI=1S/C18H18O3/c1-11-6-5-7-12-10-13-14(19-2)8-9-15(20-3)17(13)18(21-4)16(11)12/h5-10H,1-4H3. The van der Waals surface area contributed by atoms with Crippen LogP contribution in [0.3, 0.4) is 0 Å². The van der Waals surface area contributed by atoms with E-state index in [1.54, 1.807) is 21.3 Å². The van der Waals surface area contributed by atoms with E-state index in [9.17, 15) is 0 Å². The van der Waals surface area contributed by atoms with Gasteiger partial charge in [-0.05, 0) is 36.1 Å². The molecule has 3 aromatic carbocycles. The van der Waals surface area contributed by atoms with Crippen LogP contribution in [0.2, 0.25) is 0 Å². The normalized spacial score (nSPS) is 10.9. The topological polar surface area (TPSA) is 27.7 Å². The maximum atomic E-state index is 5.73. The van der Waals surface area contributed by atoms with Crippen molar-refractivity contribution in [3.8, 4) is 17.2 Å². The van der Waals surface area contributed by atoms with Crippen molar-refractivity contribution < 1.29 is 14.2 Å². The summed E-state index contributed by atoms with van der Waals surface area (Å²) in [6.07, 6.45) is 0. The molecule has 0 unspecified atom stereocenters. The minimum atomic E-state index is 0.785. The van der Waals surface area contributed by atoms with Crippen molar-refractivity contribution in [1.82, 2.24) is 0 Å². The third-order valence-corrected chi connectivity index (χ3v) is 3.87. The van der Waals surface area contributed by atoms with Gasteiger partial charge in [-0.3, -0.25) is 0 Å². The van der Waals surface area contributed by atoms with Gasteiger partial charge in [-0.2, -0.15) is 0 Å². The molecule has 0 bridgehead atoms. The molecule has 0 aliphatic carbocycles. The molecular formula is C18H18O3.